The Hall–Kier alpha value is -1.00. The summed E-state index contributed by atoms with van der Waals surface area (Å²) in [4.78, 5) is 27.2. The van der Waals surface area contributed by atoms with Crippen LogP contribution in [-0.4, -0.2) is 79.9 Å². The van der Waals surface area contributed by atoms with Crippen LogP contribution in [0.4, 0.5) is 0 Å². The number of sulfonamides is 1. The Morgan fingerprint density at radius 2 is 1.86 bits per heavy atom. The van der Waals surface area contributed by atoms with Crippen LogP contribution in [0.5, 0.6) is 0 Å². The van der Waals surface area contributed by atoms with E-state index in [1.165, 1.54) is 16.4 Å². The van der Waals surface area contributed by atoms with Crippen molar-refractivity contribution in [2.24, 2.45) is 0 Å². The highest BCUT2D eigenvalue weighted by Crippen LogP contribution is 2.21. The molecule has 1 aliphatic heterocycles. The van der Waals surface area contributed by atoms with Gasteiger partial charge in [0.2, 0.25) is 15.9 Å². The first-order valence-corrected chi connectivity index (χ1v) is 12.6. The topological polar surface area (TPSA) is 86.8 Å². The maximum Gasteiger partial charge on any atom is 0.253 e. The Morgan fingerprint density at radius 1 is 1.21 bits per heavy atom. The molecule has 28 heavy (non-hydrogen) atoms. The van der Waals surface area contributed by atoms with Crippen LogP contribution in [0.2, 0.25) is 10.0 Å². The van der Waals surface area contributed by atoms with E-state index in [4.69, 9.17) is 23.2 Å². The highest BCUT2D eigenvalue weighted by Gasteiger charge is 2.31. The lowest BCUT2D eigenvalue weighted by molar-refractivity contribution is -0.134. The van der Waals surface area contributed by atoms with Crippen molar-refractivity contribution in [1.29, 1.82) is 0 Å². The zero-order chi connectivity index (χ0) is 20.9. The molecule has 0 saturated carbocycles. The smallest absolute Gasteiger partial charge is 0.253 e. The van der Waals surface area contributed by atoms with Crippen LogP contribution in [0.15, 0.2) is 18.2 Å². The molecule has 2 amide bonds. The minimum absolute atomic E-state index is 0.211. The van der Waals surface area contributed by atoms with Crippen molar-refractivity contribution < 1.29 is 18.0 Å². The largest absolute Gasteiger partial charge is 0.340 e. The quantitative estimate of drug-likeness (QED) is 0.661. The van der Waals surface area contributed by atoms with E-state index in [9.17, 15) is 18.0 Å². The van der Waals surface area contributed by atoms with Gasteiger partial charge in [0, 0.05) is 31.2 Å². The molecule has 0 aliphatic carbocycles. The lowest BCUT2D eigenvalue weighted by Gasteiger charge is -2.35. The molecule has 0 bridgehead atoms. The number of amides is 2. The molecule has 7 nitrogen and oxygen atoms in total. The molecule has 1 unspecified atom stereocenters. The number of halogens is 2. The van der Waals surface area contributed by atoms with Crippen LogP contribution in [-0.2, 0) is 14.8 Å². The molecule has 1 fully saturated rings. The number of hydrogen-bond acceptors (Lipinski definition) is 5. The van der Waals surface area contributed by atoms with Gasteiger partial charge < -0.3 is 10.2 Å². The number of carbonyl (C=O) groups is 2. The summed E-state index contributed by atoms with van der Waals surface area (Å²) in [5.41, 5.74) is 0.245. The molecule has 0 spiro atoms. The molecule has 156 valence electrons. The van der Waals surface area contributed by atoms with Gasteiger partial charge in [-0.2, -0.15) is 16.1 Å². The van der Waals surface area contributed by atoms with Gasteiger partial charge in [0.15, 0.2) is 0 Å². The summed E-state index contributed by atoms with van der Waals surface area (Å²) in [6, 6.07) is 3.84. The van der Waals surface area contributed by atoms with Crippen molar-refractivity contribution >= 4 is 56.8 Å². The molecule has 1 aliphatic rings. The molecular weight excluding hydrogens is 445 g/mol. The van der Waals surface area contributed by atoms with E-state index in [2.05, 4.69) is 5.32 Å². The van der Waals surface area contributed by atoms with Crippen LogP contribution < -0.4 is 5.32 Å². The first-order valence-electron chi connectivity index (χ1n) is 8.62. The van der Waals surface area contributed by atoms with E-state index in [0.29, 0.717) is 30.3 Å². The number of hydrogen-bond donors (Lipinski definition) is 1. The third kappa shape index (κ3) is 6.25. The fraction of sp³-hybridized carbons (Fsp3) is 0.529. The monoisotopic (exact) mass is 467 g/mol. The average Bonchev–Trinajstić information content (AvgIpc) is 2.63. The number of nitrogens with one attached hydrogen (secondary N) is 1. The van der Waals surface area contributed by atoms with Crippen molar-refractivity contribution in [3.8, 4) is 0 Å². The van der Waals surface area contributed by atoms with Gasteiger partial charge >= 0.3 is 0 Å². The zero-order valence-corrected chi connectivity index (χ0v) is 18.8. The van der Waals surface area contributed by atoms with Crippen molar-refractivity contribution in [1.82, 2.24) is 14.5 Å². The highest BCUT2D eigenvalue weighted by molar-refractivity contribution is 7.98. The van der Waals surface area contributed by atoms with Crippen LogP contribution in [0.25, 0.3) is 0 Å². The fourth-order valence-electron chi connectivity index (χ4n) is 2.86. The zero-order valence-electron chi connectivity index (χ0n) is 15.7. The van der Waals surface area contributed by atoms with E-state index in [1.807, 2.05) is 6.26 Å². The second-order valence-corrected chi connectivity index (χ2v) is 10.2. The average molecular weight is 468 g/mol. The lowest BCUT2D eigenvalue weighted by atomic mass is 10.1. The molecular formula is C17H23Cl2N3O4S2. The van der Waals surface area contributed by atoms with Crippen LogP contribution >= 0.6 is 35.0 Å². The van der Waals surface area contributed by atoms with Crippen molar-refractivity contribution in [2.45, 2.75) is 12.5 Å². The molecule has 1 heterocycles. The molecule has 1 aromatic carbocycles. The normalized spacial score (nSPS) is 16.6. The second-order valence-electron chi connectivity index (χ2n) is 6.42. The first-order chi connectivity index (χ1) is 13.1. The fourth-order valence-corrected chi connectivity index (χ4v) is 4.66. The molecule has 0 radical (unpaired) electrons. The molecule has 1 saturated heterocycles. The Labute approximate surface area is 179 Å². The number of carbonyl (C=O) groups excluding carboxylic acids is 2. The number of thioether (sulfide) groups is 1. The molecule has 0 aromatic heterocycles. The van der Waals surface area contributed by atoms with Crippen LogP contribution in [0.1, 0.15) is 16.8 Å². The Kier molecular flexibility index (Phi) is 8.44. The Morgan fingerprint density at radius 3 is 2.39 bits per heavy atom. The van der Waals surface area contributed by atoms with E-state index < -0.39 is 22.0 Å². The molecule has 1 N–H and O–H groups in total. The SMILES string of the molecule is CSCCC(NC(=O)c1ccc(Cl)cc1Cl)C(=O)N1CCN(S(C)(=O)=O)CC1. The van der Waals surface area contributed by atoms with Crippen molar-refractivity contribution in [2.75, 3.05) is 44.4 Å². The number of benzene rings is 1. The van der Waals surface area contributed by atoms with Crippen LogP contribution in [0.3, 0.4) is 0 Å². The molecule has 2 rings (SSSR count). The van der Waals surface area contributed by atoms with Gasteiger partial charge in [0.05, 0.1) is 16.8 Å². The van der Waals surface area contributed by atoms with Gasteiger partial charge in [-0.3, -0.25) is 9.59 Å². The maximum atomic E-state index is 12.9. The molecule has 1 atom stereocenters. The summed E-state index contributed by atoms with van der Waals surface area (Å²) >= 11 is 13.5. The van der Waals surface area contributed by atoms with Gasteiger partial charge in [-0.25, -0.2) is 8.42 Å². The Bertz CT molecular complexity index is 828. The predicted octanol–water partition coefficient (Wildman–Crippen LogP) is 1.95. The second kappa shape index (κ2) is 10.2. The van der Waals surface area contributed by atoms with Gasteiger partial charge in [-0.15, -0.1) is 0 Å². The van der Waals surface area contributed by atoms with Crippen LogP contribution in [0, 0.1) is 0 Å². The standard InChI is InChI=1S/C17H23Cl2N3O4S2/c1-27-10-5-15(20-16(23)13-4-3-12(18)11-14(13)19)17(24)21-6-8-22(9-7-21)28(2,25)26/h3-4,11,15H,5-10H2,1-2H3,(H,20,23). The van der Waals surface area contributed by atoms with E-state index in [-0.39, 0.29) is 29.6 Å². The summed E-state index contributed by atoms with van der Waals surface area (Å²) in [5, 5.41) is 3.39. The molecule has 1 aromatic rings. The summed E-state index contributed by atoms with van der Waals surface area (Å²) < 4.78 is 24.6. The van der Waals surface area contributed by atoms with Crippen molar-refractivity contribution in [3.63, 3.8) is 0 Å². The summed E-state index contributed by atoms with van der Waals surface area (Å²) in [7, 11) is -3.28. The van der Waals surface area contributed by atoms with E-state index >= 15 is 0 Å². The van der Waals surface area contributed by atoms with E-state index in [0.717, 1.165) is 6.26 Å². The summed E-state index contributed by atoms with van der Waals surface area (Å²) in [6.07, 6.45) is 3.54. The first kappa shape index (κ1) is 23.3. The van der Waals surface area contributed by atoms with Crippen molar-refractivity contribution in [3.05, 3.63) is 33.8 Å². The van der Waals surface area contributed by atoms with Gasteiger partial charge in [0.1, 0.15) is 6.04 Å². The van der Waals surface area contributed by atoms with Gasteiger partial charge in [0.25, 0.3) is 5.91 Å². The Balaban J connectivity index is 2.08. The highest BCUT2D eigenvalue weighted by atomic mass is 35.5. The lowest BCUT2D eigenvalue weighted by Crippen LogP contribution is -2.55. The number of piperazine rings is 1. The molecule has 11 heteroatoms. The summed E-state index contributed by atoms with van der Waals surface area (Å²) in [6.45, 7) is 1.08. The minimum Gasteiger partial charge on any atom is -0.340 e. The number of rotatable bonds is 7. The van der Waals surface area contributed by atoms with E-state index in [1.54, 1.807) is 22.7 Å². The number of nitrogens with zero attached hydrogens (tertiary/aromatic N) is 2. The minimum atomic E-state index is -3.28. The maximum absolute atomic E-state index is 12.9. The van der Waals surface area contributed by atoms with Gasteiger partial charge in [-0.05, 0) is 36.6 Å². The predicted molar refractivity (Wildman–Crippen MR) is 114 cm³/mol. The third-order valence-corrected chi connectivity index (χ3v) is 6.90. The summed E-state index contributed by atoms with van der Waals surface area (Å²) in [5.74, 6) is 0.0189. The third-order valence-electron chi connectivity index (χ3n) is 4.41. The van der Waals surface area contributed by atoms with Gasteiger partial charge in [-0.1, -0.05) is 23.2 Å².